The summed E-state index contributed by atoms with van der Waals surface area (Å²) in [6.07, 6.45) is 6.58. The summed E-state index contributed by atoms with van der Waals surface area (Å²) in [4.78, 5) is 31.6. The summed E-state index contributed by atoms with van der Waals surface area (Å²) < 4.78 is 0. The van der Waals surface area contributed by atoms with Crippen LogP contribution in [0.5, 0.6) is 0 Å². The third kappa shape index (κ3) is 3.91. The van der Waals surface area contributed by atoms with Crippen LogP contribution in [0.25, 0.3) is 0 Å². The van der Waals surface area contributed by atoms with Gasteiger partial charge in [-0.25, -0.2) is 14.8 Å². The van der Waals surface area contributed by atoms with Crippen LogP contribution in [0.15, 0.2) is 36.7 Å². The number of carboxylic acids is 1. The molecule has 6 nitrogen and oxygen atoms in total. The molecule has 1 fully saturated rings. The van der Waals surface area contributed by atoms with Crippen molar-refractivity contribution in [3.05, 3.63) is 59.2 Å². The predicted molar refractivity (Wildman–Crippen MR) is 83.4 cm³/mol. The smallest absolute Gasteiger partial charge is 0.335 e. The van der Waals surface area contributed by atoms with Crippen molar-refractivity contribution in [3.63, 3.8) is 0 Å². The molecule has 1 heterocycles. The predicted octanol–water partition coefficient (Wildman–Crippen LogP) is 2.02. The van der Waals surface area contributed by atoms with Crippen LogP contribution in [0.4, 0.5) is 0 Å². The van der Waals surface area contributed by atoms with E-state index in [1.165, 1.54) is 25.0 Å². The highest BCUT2D eigenvalue weighted by molar-refractivity contribution is 5.97. The zero-order valence-corrected chi connectivity index (χ0v) is 12.5. The van der Waals surface area contributed by atoms with Gasteiger partial charge in [-0.1, -0.05) is 6.07 Å². The van der Waals surface area contributed by atoms with Crippen molar-refractivity contribution in [2.75, 3.05) is 6.54 Å². The van der Waals surface area contributed by atoms with Crippen molar-refractivity contribution in [2.45, 2.75) is 25.2 Å². The zero-order valence-electron chi connectivity index (χ0n) is 12.5. The van der Waals surface area contributed by atoms with Crippen LogP contribution in [0.3, 0.4) is 0 Å². The molecule has 1 aliphatic carbocycles. The maximum atomic E-state index is 12.0. The molecule has 1 saturated carbocycles. The Bertz CT molecular complexity index is 724. The summed E-state index contributed by atoms with van der Waals surface area (Å²) in [6, 6.07) is 5.97. The van der Waals surface area contributed by atoms with E-state index < -0.39 is 5.97 Å². The summed E-state index contributed by atoms with van der Waals surface area (Å²) in [5.41, 5.74) is 1.40. The molecule has 1 aromatic heterocycles. The number of amides is 1. The van der Waals surface area contributed by atoms with Gasteiger partial charge in [-0.3, -0.25) is 4.79 Å². The Labute approximate surface area is 133 Å². The number of hydrogen-bond acceptors (Lipinski definition) is 4. The number of carboxylic acid groups (broad SMARTS) is 1. The van der Waals surface area contributed by atoms with Gasteiger partial charge in [-0.2, -0.15) is 0 Å². The maximum Gasteiger partial charge on any atom is 0.335 e. The molecule has 3 rings (SSSR count). The molecule has 1 aromatic carbocycles. The normalized spacial score (nSPS) is 13.6. The largest absolute Gasteiger partial charge is 0.478 e. The van der Waals surface area contributed by atoms with Gasteiger partial charge in [0, 0.05) is 30.4 Å². The number of nitrogens with zero attached hydrogens (tertiary/aromatic N) is 2. The minimum Gasteiger partial charge on any atom is -0.478 e. The minimum absolute atomic E-state index is 0.0988. The van der Waals surface area contributed by atoms with E-state index in [9.17, 15) is 9.59 Å². The van der Waals surface area contributed by atoms with Crippen LogP contribution in [0.2, 0.25) is 0 Å². The fourth-order valence-corrected chi connectivity index (χ4v) is 2.26. The van der Waals surface area contributed by atoms with Crippen LogP contribution < -0.4 is 5.32 Å². The third-order valence-corrected chi connectivity index (χ3v) is 3.74. The molecule has 2 aromatic rings. The van der Waals surface area contributed by atoms with E-state index in [1.54, 1.807) is 24.5 Å². The van der Waals surface area contributed by atoms with E-state index in [0.717, 1.165) is 11.4 Å². The molecule has 0 radical (unpaired) electrons. The van der Waals surface area contributed by atoms with Crippen molar-refractivity contribution in [1.29, 1.82) is 0 Å². The summed E-state index contributed by atoms with van der Waals surface area (Å²) in [7, 11) is 0. The van der Waals surface area contributed by atoms with Gasteiger partial charge >= 0.3 is 5.97 Å². The lowest BCUT2D eigenvalue weighted by Crippen LogP contribution is -2.26. The number of nitrogens with one attached hydrogen (secondary N) is 1. The first-order chi connectivity index (χ1) is 11.1. The summed E-state index contributed by atoms with van der Waals surface area (Å²) in [6.45, 7) is 0.447. The number of rotatable bonds is 6. The van der Waals surface area contributed by atoms with E-state index in [4.69, 9.17) is 5.11 Å². The molecule has 0 atom stereocenters. The SMILES string of the molecule is O=C(O)c1cccc(C(=O)NCCc2cnc(C3CC3)nc2)c1. The van der Waals surface area contributed by atoms with Crippen LogP contribution in [-0.2, 0) is 6.42 Å². The highest BCUT2D eigenvalue weighted by Gasteiger charge is 2.26. The van der Waals surface area contributed by atoms with Crippen molar-refractivity contribution < 1.29 is 14.7 Å². The molecule has 0 saturated heterocycles. The molecule has 1 amide bonds. The number of carbonyl (C=O) groups is 2. The van der Waals surface area contributed by atoms with Crippen molar-refractivity contribution >= 4 is 11.9 Å². The summed E-state index contributed by atoms with van der Waals surface area (Å²) >= 11 is 0. The second-order valence-electron chi connectivity index (χ2n) is 5.62. The van der Waals surface area contributed by atoms with Gasteiger partial charge in [0.1, 0.15) is 5.82 Å². The average molecular weight is 311 g/mol. The lowest BCUT2D eigenvalue weighted by molar-refractivity contribution is 0.0697. The Morgan fingerprint density at radius 2 is 1.87 bits per heavy atom. The first-order valence-electron chi connectivity index (χ1n) is 7.56. The molecule has 0 spiro atoms. The van der Waals surface area contributed by atoms with E-state index in [0.29, 0.717) is 24.4 Å². The van der Waals surface area contributed by atoms with Crippen LogP contribution in [0, 0.1) is 0 Å². The molecule has 1 aliphatic rings. The van der Waals surface area contributed by atoms with Gasteiger partial charge in [-0.05, 0) is 43.0 Å². The third-order valence-electron chi connectivity index (χ3n) is 3.74. The fraction of sp³-hybridized carbons (Fsp3) is 0.294. The molecule has 2 N–H and O–H groups in total. The molecule has 0 bridgehead atoms. The molecular formula is C17H17N3O3. The van der Waals surface area contributed by atoms with E-state index >= 15 is 0 Å². The summed E-state index contributed by atoms with van der Waals surface area (Å²) in [5, 5.41) is 11.7. The molecular weight excluding hydrogens is 294 g/mol. The Hall–Kier alpha value is -2.76. The molecule has 118 valence electrons. The number of benzene rings is 1. The number of aromatic carboxylic acids is 1. The molecule has 6 heteroatoms. The minimum atomic E-state index is -1.05. The van der Waals surface area contributed by atoms with Gasteiger partial charge in [0.15, 0.2) is 0 Å². The van der Waals surface area contributed by atoms with Crippen LogP contribution >= 0.6 is 0 Å². The van der Waals surface area contributed by atoms with Gasteiger partial charge in [0.05, 0.1) is 5.56 Å². The number of aromatic nitrogens is 2. The fourth-order valence-electron chi connectivity index (χ4n) is 2.26. The standard InChI is InChI=1S/C17H17N3O3/c21-16(13-2-1-3-14(8-13)17(22)23)18-7-6-11-9-19-15(20-10-11)12-4-5-12/h1-3,8-10,12H,4-7H2,(H,18,21)(H,22,23). The first-order valence-corrected chi connectivity index (χ1v) is 7.56. The van der Waals surface area contributed by atoms with Crippen LogP contribution in [-0.4, -0.2) is 33.5 Å². The highest BCUT2D eigenvalue weighted by Crippen LogP contribution is 2.37. The second kappa shape index (κ2) is 6.56. The van der Waals surface area contributed by atoms with Gasteiger partial charge < -0.3 is 10.4 Å². The molecule has 0 unspecified atom stereocenters. The zero-order chi connectivity index (χ0) is 16.2. The maximum absolute atomic E-state index is 12.0. The highest BCUT2D eigenvalue weighted by atomic mass is 16.4. The molecule has 0 aliphatic heterocycles. The molecule has 23 heavy (non-hydrogen) atoms. The van der Waals surface area contributed by atoms with Crippen molar-refractivity contribution in [3.8, 4) is 0 Å². The first kappa shape index (κ1) is 15.1. The monoisotopic (exact) mass is 311 g/mol. The quantitative estimate of drug-likeness (QED) is 0.851. The lowest BCUT2D eigenvalue weighted by atomic mass is 10.1. The van der Waals surface area contributed by atoms with Crippen molar-refractivity contribution in [2.24, 2.45) is 0 Å². The topological polar surface area (TPSA) is 92.2 Å². The Balaban J connectivity index is 1.52. The van der Waals surface area contributed by atoms with Crippen molar-refractivity contribution in [1.82, 2.24) is 15.3 Å². The Kier molecular flexibility index (Phi) is 4.32. The average Bonchev–Trinajstić information content (AvgIpc) is 3.40. The van der Waals surface area contributed by atoms with Gasteiger partial charge in [0.2, 0.25) is 0 Å². The Morgan fingerprint density at radius 3 is 2.52 bits per heavy atom. The number of carbonyl (C=O) groups excluding carboxylic acids is 1. The second-order valence-corrected chi connectivity index (χ2v) is 5.62. The van der Waals surface area contributed by atoms with E-state index in [1.807, 2.05) is 0 Å². The lowest BCUT2D eigenvalue weighted by Gasteiger charge is -2.06. The summed E-state index contributed by atoms with van der Waals surface area (Å²) in [5.74, 6) is 0.102. The van der Waals surface area contributed by atoms with Gasteiger partial charge in [-0.15, -0.1) is 0 Å². The Morgan fingerprint density at radius 1 is 1.17 bits per heavy atom. The van der Waals surface area contributed by atoms with E-state index in [-0.39, 0.29) is 11.5 Å². The van der Waals surface area contributed by atoms with Crippen LogP contribution in [0.1, 0.15) is 50.9 Å². The number of hydrogen-bond donors (Lipinski definition) is 2. The van der Waals surface area contributed by atoms with E-state index in [2.05, 4.69) is 15.3 Å². The van der Waals surface area contributed by atoms with Gasteiger partial charge in [0.25, 0.3) is 5.91 Å².